The summed E-state index contributed by atoms with van der Waals surface area (Å²) in [5, 5.41) is 58.7. The van der Waals surface area contributed by atoms with E-state index in [2.05, 4.69) is 101 Å². The number of benzene rings is 9. The third-order valence-electron chi connectivity index (χ3n) is 20.9. The number of halogens is 4. The normalized spacial score (nSPS) is 15.9. The molecular formula is C101H107Br2F2N10Ni3O19+3. The number of carboxylic acids is 5. The van der Waals surface area contributed by atoms with E-state index in [9.17, 15) is 76.8 Å². The largest absolute Gasteiger partial charge is 2.00 e. The third-order valence-corrected chi connectivity index (χ3v) is 22.0. The molecule has 29 nitrogen and oxygen atoms in total. The Labute approximate surface area is 841 Å². The molecule has 7 N–H and O–H groups in total. The van der Waals surface area contributed by atoms with Crippen LogP contribution in [0, 0.1) is 0 Å². The van der Waals surface area contributed by atoms with Crippen LogP contribution < -0.4 is 5.73 Å². The molecule has 0 bridgehead atoms. The molecule has 0 radical (unpaired) electrons. The molecular weight excluding hydrogens is 2030 g/mol. The Morgan fingerprint density at radius 1 is 0.416 bits per heavy atom. The van der Waals surface area contributed by atoms with Crippen molar-refractivity contribution in [3.8, 4) is 0 Å². The van der Waals surface area contributed by atoms with Crippen LogP contribution in [0.2, 0.25) is 0 Å². The van der Waals surface area contributed by atoms with Crippen LogP contribution in [-0.4, -0.2) is 222 Å². The molecule has 0 aromatic heterocycles. The number of rotatable bonds is 38. The molecule has 6 unspecified atom stereocenters. The number of para-hydroxylation sites is 3. The van der Waals surface area contributed by atoms with Crippen LogP contribution in [0.25, 0.3) is 16.0 Å². The maximum absolute atomic E-state index is 14.6. The standard InChI is InChI=1S/C32H34BrN3O5.C32H34FN3O5.C27H27N3O3.C5H7BrO2.C5H8FNO4.3Ni/c2*1-2-41-32(40)25(33)20-27(31(38)39)34-29(23-14-7-4-8-15-23)24-16-9-10-17-26(24)35-30(37)28-18-11-19-36(28)21-22-12-5-3-6-13-22;31-25(32)18-28-26(21-12-5-2-6-13-21)22-14-7-8-15-23(22)29-27(33)24-16-9-17-30(24)19-20-10-3-1-4-11-20;1-3-8-5(7)4(2)6;6-2(4(8)9)1-3(7)5(10)11;;;/h2*3-10,12-17,25,27-28H,2,11,18-21H2,1H3,(H2,34,35,37,38,39);1-8,10-15,24H,9,16-19H2,(H2,28,29,31,32,33);2-3H2,1H3;2-3H,1,7H2,(H,8,9)(H,10,11);;;/q;;;;;3*+2/p-3/t2*25?,27-,28?;;;2?,3-;;;/m00..0.../s1/i;33-1;;;6-1;;;. The van der Waals surface area contributed by atoms with Gasteiger partial charge >= 0.3 is 97.2 Å². The van der Waals surface area contributed by atoms with Crippen LogP contribution in [0.15, 0.2) is 281 Å². The van der Waals surface area contributed by atoms with Crippen molar-refractivity contribution in [2.45, 2.75) is 152 Å². The van der Waals surface area contributed by atoms with Crippen molar-refractivity contribution < 1.29 is 151 Å². The van der Waals surface area contributed by atoms with Crippen LogP contribution in [0.3, 0.4) is 0 Å². The third kappa shape index (κ3) is 37.8. The molecule has 3 amide bonds. The summed E-state index contributed by atoms with van der Waals surface area (Å²) in [6.07, 6.45) is -0.956. The molecule has 9 aromatic carbocycles. The van der Waals surface area contributed by atoms with E-state index in [1.807, 2.05) is 158 Å². The number of nitrogens with zero attached hydrogens (tertiary/aromatic N) is 9. The van der Waals surface area contributed by atoms with Gasteiger partial charge in [-0.1, -0.05) is 277 Å². The van der Waals surface area contributed by atoms with E-state index >= 15 is 0 Å². The predicted molar refractivity (Wildman–Crippen MR) is 512 cm³/mol. The van der Waals surface area contributed by atoms with Gasteiger partial charge in [-0.25, -0.2) is 32.8 Å². The smallest absolute Gasteiger partial charge is 0.625 e. The van der Waals surface area contributed by atoms with Gasteiger partial charge in [-0.3, -0.25) is 44.1 Å². The minimum absolute atomic E-state index is 0. The number of nitrogens with two attached hydrogens (primary N) is 1. The number of alkyl halides is 3. The summed E-state index contributed by atoms with van der Waals surface area (Å²) in [4.78, 5) is 149. The molecule has 3 aliphatic heterocycles. The SMILES string of the molecule is C=C(Br)C(=O)OCC.CCOC(=O)C(Br)C[C@H](N=C(c1ccccc1)c1ccccc1[N-]C(=O)C1CCCN1Cc1ccccc1)C(=O)O.CCOC(=O)C([18F])C[C@H](N=C(c1ccccc1)c1ccccc1[N-]C(=O)C1CCCN1Cc1ccccc1)C(=O)O.N[C@@H](CC([18F])C(=O)O)C(=O)O.O=C(O)CN=C(c1ccccc1)c1ccccc1[N-]C(=O)C1CCCN1Cc1ccccc1.[Ni+2].[Ni+2].[Ni+2]. The molecule has 12 rings (SSSR count). The Kier molecular flexibility index (Phi) is 51.7. The number of esters is 3. The summed E-state index contributed by atoms with van der Waals surface area (Å²) < 4.78 is 41.3. The number of carbonyl (C=O) groups is 11. The van der Waals surface area contributed by atoms with Gasteiger partial charge in [-0.05, 0) is 128 Å². The number of ether oxygens (including phenoxy) is 3. The molecule has 36 heteroatoms. The first-order valence-corrected chi connectivity index (χ1v) is 45.1. The fourth-order valence-corrected chi connectivity index (χ4v) is 15.1. The molecule has 9 atom stereocenters. The second-order valence-corrected chi connectivity index (χ2v) is 32.6. The number of aliphatic imine (C=N–C) groups is 3. The van der Waals surface area contributed by atoms with Crippen molar-refractivity contribution in [2.24, 2.45) is 20.7 Å². The Morgan fingerprint density at radius 3 is 1.03 bits per heavy atom. The number of aliphatic carboxylic acids is 5. The van der Waals surface area contributed by atoms with Gasteiger partial charge in [0, 0.05) is 55.6 Å². The van der Waals surface area contributed by atoms with Gasteiger partial charge in [-0.15, -0.1) is 17.1 Å². The monoisotopic (exact) mass is 2130 g/mol. The minimum atomic E-state index is -2.21. The van der Waals surface area contributed by atoms with Crippen molar-refractivity contribution in [1.82, 2.24) is 14.7 Å². The van der Waals surface area contributed by atoms with Gasteiger partial charge in [0.15, 0.2) is 18.4 Å². The van der Waals surface area contributed by atoms with Crippen molar-refractivity contribution in [2.75, 3.05) is 46.0 Å². The molecule has 0 spiro atoms. The van der Waals surface area contributed by atoms with E-state index in [-0.39, 0.29) is 122 Å². The zero-order valence-corrected chi connectivity index (χ0v) is 81.2. The number of hydrogen-bond acceptors (Lipinski definition) is 21. The molecule has 0 saturated carbocycles. The molecule has 3 saturated heterocycles. The molecule has 3 heterocycles. The summed E-state index contributed by atoms with van der Waals surface area (Å²) in [7, 11) is 0. The second kappa shape index (κ2) is 61.3. The number of amides is 3. The predicted octanol–water partition coefficient (Wildman–Crippen LogP) is 16.8. The van der Waals surface area contributed by atoms with E-state index in [4.69, 9.17) is 25.4 Å². The van der Waals surface area contributed by atoms with Crippen molar-refractivity contribution in [3.05, 3.63) is 332 Å². The maximum Gasteiger partial charge on any atom is 2.00 e. The second-order valence-electron chi connectivity index (χ2n) is 30.6. The average molecular weight is 2140 g/mol. The quantitative estimate of drug-likeness (QED) is 0.00523. The fraction of sp³-hybridized carbons (Fsp3) is 0.307. The van der Waals surface area contributed by atoms with Crippen molar-refractivity contribution >= 4 is 132 Å². The number of carboxylic acid groups (broad SMARTS) is 5. The Hall–Kier alpha value is -12.0. The van der Waals surface area contributed by atoms with Crippen LogP contribution >= 0.6 is 31.9 Å². The van der Waals surface area contributed by atoms with E-state index in [0.717, 1.165) is 68.4 Å². The first-order valence-electron chi connectivity index (χ1n) is 43.4. The number of likely N-dealkylation sites (tertiary alicyclic amines) is 3. The topological polar surface area (TPSA) is 432 Å². The average Bonchev–Trinajstić information content (AvgIpc) is 1.75. The van der Waals surface area contributed by atoms with Gasteiger partial charge < -0.3 is 75.8 Å². The molecule has 3 fully saturated rings. The molecule has 0 aliphatic carbocycles. The van der Waals surface area contributed by atoms with Gasteiger partial charge in [0.2, 0.25) is 0 Å². The fourth-order valence-electron chi connectivity index (χ4n) is 14.5. The summed E-state index contributed by atoms with van der Waals surface area (Å²) in [5.41, 5.74) is 14.3. The molecule has 137 heavy (non-hydrogen) atoms. The number of carbonyl (C=O) groups excluding carboxylic acids is 6. The minimum Gasteiger partial charge on any atom is -0.625 e. The zero-order chi connectivity index (χ0) is 97.0. The Morgan fingerprint density at radius 2 is 0.723 bits per heavy atom. The van der Waals surface area contributed by atoms with E-state index in [1.165, 1.54) is 5.56 Å². The Balaban J connectivity index is 0.000000328. The van der Waals surface area contributed by atoms with Crippen molar-refractivity contribution in [3.63, 3.8) is 0 Å². The summed E-state index contributed by atoms with van der Waals surface area (Å²) in [6, 6.07) is 73.4. The summed E-state index contributed by atoms with van der Waals surface area (Å²) in [6.45, 7) is 12.9. The maximum atomic E-state index is 14.6. The first-order chi connectivity index (χ1) is 64.5. The van der Waals surface area contributed by atoms with E-state index in [1.54, 1.807) is 106 Å². The molecule has 730 valence electrons. The summed E-state index contributed by atoms with van der Waals surface area (Å²) >= 11 is 6.13. The molecule has 3 aliphatic rings. The van der Waals surface area contributed by atoms with Gasteiger partial charge in [0.1, 0.15) is 23.5 Å². The van der Waals surface area contributed by atoms with Crippen molar-refractivity contribution in [1.29, 1.82) is 0 Å². The van der Waals surface area contributed by atoms with Gasteiger partial charge in [-0.2, -0.15) is 0 Å². The van der Waals surface area contributed by atoms with Crippen LogP contribution in [0.1, 0.15) is 129 Å². The van der Waals surface area contributed by atoms with E-state index < -0.39 is 95.9 Å². The zero-order valence-electron chi connectivity index (χ0n) is 75.1. The van der Waals surface area contributed by atoms with Crippen LogP contribution in [-0.2, 0) is 136 Å². The van der Waals surface area contributed by atoms with E-state index in [0.29, 0.717) is 89.0 Å². The first kappa shape index (κ1) is 116. The van der Waals surface area contributed by atoms with Gasteiger partial charge in [0.05, 0.1) is 77.3 Å². The van der Waals surface area contributed by atoms with Crippen LogP contribution in [0.4, 0.5) is 25.8 Å². The van der Waals surface area contributed by atoms with Gasteiger partial charge in [0.25, 0.3) is 0 Å². The Bertz CT molecular complexity index is 5280. The number of hydrogen-bond donors (Lipinski definition) is 6. The van der Waals surface area contributed by atoms with Crippen LogP contribution in [0.5, 0.6) is 0 Å². The summed E-state index contributed by atoms with van der Waals surface area (Å²) in [5.74, 6) is -9.48. The molecule has 9 aromatic rings.